The molecule has 0 spiro atoms. The second-order valence-corrected chi connectivity index (χ2v) is 2.48. The zero-order valence-corrected chi connectivity index (χ0v) is 7.76. The van der Waals surface area contributed by atoms with Gasteiger partial charge in [0.1, 0.15) is 6.26 Å². The Morgan fingerprint density at radius 3 is 2.92 bits per heavy atom. The lowest BCUT2D eigenvalue weighted by atomic mass is 10.4. The van der Waals surface area contributed by atoms with Crippen molar-refractivity contribution in [3.05, 3.63) is 12.0 Å². The van der Waals surface area contributed by atoms with Crippen molar-refractivity contribution in [1.29, 1.82) is 0 Å². The van der Waals surface area contributed by atoms with Crippen molar-refractivity contribution in [2.45, 2.75) is 20.3 Å². The predicted octanol–water partition coefficient (Wildman–Crippen LogP) is 1.38. The number of urea groups is 1. The number of aryl methyl sites for hydroxylation is 1. The third-order valence-corrected chi connectivity index (χ3v) is 1.47. The monoisotopic (exact) mass is 183 g/mol. The van der Waals surface area contributed by atoms with E-state index in [1.165, 1.54) is 6.26 Å². The molecule has 72 valence electrons. The molecule has 1 aromatic rings. The highest BCUT2D eigenvalue weighted by molar-refractivity contribution is 5.86. The van der Waals surface area contributed by atoms with Gasteiger partial charge in [0.05, 0.1) is 5.69 Å². The number of carbonyl (C=O) groups is 1. The molecule has 0 aliphatic carbocycles. The van der Waals surface area contributed by atoms with Crippen LogP contribution < -0.4 is 10.6 Å². The fourth-order valence-electron chi connectivity index (χ4n) is 0.829. The molecule has 0 aliphatic rings. The summed E-state index contributed by atoms with van der Waals surface area (Å²) in [5.74, 6) is 0. The molecule has 2 amide bonds. The molecule has 5 heteroatoms. The normalized spacial score (nSPS) is 9.69. The fourth-order valence-corrected chi connectivity index (χ4v) is 0.829. The molecule has 0 unspecified atom stereocenters. The van der Waals surface area contributed by atoms with Gasteiger partial charge in [-0.25, -0.2) is 4.79 Å². The molecule has 0 atom stereocenters. The number of hydrogen-bond donors (Lipinski definition) is 2. The van der Waals surface area contributed by atoms with Gasteiger partial charge in [0.2, 0.25) is 0 Å². The summed E-state index contributed by atoms with van der Waals surface area (Å²) in [4.78, 5) is 15.0. The van der Waals surface area contributed by atoms with Crippen molar-refractivity contribution >= 4 is 12.0 Å². The smallest absolute Gasteiger partial charge is 0.322 e. The maximum absolute atomic E-state index is 11.0. The summed E-state index contributed by atoms with van der Waals surface area (Å²) in [6.45, 7) is 4.38. The first-order valence-electron chi connectivity index (χ1n) is 4.25. The first kappa shape index (κ1) is 9.57. The Balaban J connectivity index is 2.49. The predicted molar refractivity (Wildman–Crippen MR) is 48.6 cm³/mol. The molecule has 1 aromatic heterocycles. The first-order chi connectivity index (χ1) is 6.26. The van der Waals surface area contributed by atoms with Crippen molar-refractivity contribution in [1.82, 2.24) is 10.3 Å². The fraction of sp³-hybridized carbons (Fsp3) is 0.500. The number of oxazole rings is 1. The molecule has 0 saturated heterocycles. The molecular formula is C8H13N3O2. The Hall–Kier alpha value is -1.52. The highest BCUT2D eigenvalue weighted by Gasteiger charge is 2.05. The molecule has 2 N–H and O–H groups in total. The number of hydrogen-bond acceptors (Lipinski definition) is 3. The second-order valence-electron chi connectivity index (χ2n) is 2.48. The van der Waals surface area contributed by atoms with Crippen LogP contribution in [0.2, 0.25) is 0 Å². The zero-order chi connectivity index (χ0) is 9.68. The summed E-state index contributed by atoms with van der Waals surface area (Å²) < 4.78 is 4.99. The van der Waals surface area contributed by atoms with Crippen molar-refractivity contribution in [2.75, 3.05) is 11.9 Å². The maximum Gasteiger partial charge on any atom is 0.322 e. The molecule has 0 bridgehead atoms. The Morgan fingerprint density at radius 1 is 1.62 bits per heavy atom. The second kappa shape index (κ2) is 4.49. The summed E-state index contributed by atoms with van der Waals surface area (Å²) in [7, 11) is 0. The summed E-state index contributed by atoms with van der Waals surface area (Å²) in [5, 5.41) is 5.04. The van der Waals surface area contributed by atoms with Gasteiger partial charge in [-0.15, -0.1) is 0 Å². The van der Waals surface area contributed by atoms with Crippen LogP contribution in [-0.2, 0) is 6.42 Å². The van der Waals surface area contributed by atoms with Crippen LogP contribution in [0.4, 0.5) is 10.8 Å². The number of nitrogens with zero attached hydrogens (tertiary/aromatic N) is 1. The lowest BCUT2D eigenvalue weighted by Crippen LogP contribution is -2.28. The molecule has 0 aliphatic heterocycles. The number of carbonyl (C=O) groups excluding carboxylic acids is 1. The van der Waals surface area contributed by atoms with Gasteiger partial charge in [-0.3, -0.25) is 5.32 Å². The standard InChI is InChI=1S/C8H13N3O2/c1-3-6-5-13-8(10-6)11-7(12)9-4-2/h5H,3-4H2,1-2H3,(H2,9,10,11,12). The molecule has 1 rings (SSSR count). The highest BCUT2D eigenvalue weighted by atomic mass is 16.4. The van der Waals surface area contributed by atoms with Crippen molar-refractivity contribution < 1.29 is 9.21 Å². The third-order valence-electron chi connectivity index (χ3n) is 1.47. The molecule has 0 radical (unpaired) electrons. The Morgan fingerprint density at radius 2 is 2.38 bits per heavy atom. The molecule has 0 saturated carbocycles. The highest BCUT2D eigenvalue weighted by Crippen LogP contribution is 2.06. The van der Waals surface area contributed by atoms with E-state index >= 15 is 0 Å². The van der Waals surface area contributed by atoms with Crippen LogP contribution in [0.15, 0.2) is 10.7 Å². The summed E-state index contributed by atoms with van der Waals surface area (Å²) in [5.41, 5.74) is 0.826. The van der Waals surface area contributed by atoms with Gasteiger partial charge >= 0.3 is 12.0 Å². The van der Waals surface area contributed by atoms with E-state index in [1.54, 1.807) is 0 Å². The van der Waals surface area contributed by atoms with Crippen LogP contribution in [-0.4, -0.2) is 17.6 Å². The van der Waals surface area contributed by atoms with Crippen LogP contribution in [0.5, 0.6) is 0 Å². The largest absolute Gasteiger partial charge is 0.432 e. The first-order valence-corrected chi connectivity index (χ1v) is 4.25. The lowest BCUT2D eigenvalue weighted by molar-refractivity contribution is 0.252. The van der Waals surface area contributed by atoms with Crippen molar-refractivity contribution in [3.63, 3.8) is 0 Å². The van der Waals surface area contributed by atoms with Gasteiger partial charge in [-0.2, -0.15) is 4.98 Å². The minimum Gasteiger partial charge on any atom is -0.432 e. The number of amides is 2. The van der Waals surface area contributed by atoms with Crippen molar-refractivity contribution in [3.8, 4) is 0 Å². The van der Waals surface area contributed by atoms with Crippen LogP contribution in [0, 0.1) is 0 Å². The van der Waals surface area contributed by atoms with Crippen LogP contribution in [0.1, 0.15) is 19.5 Å². The van der Waals surface area contributed by atoms with Crippen molar-refractivity contribution in [2.24, 2.45) is 0 Å². The van der Waals surface area contributed by atoms with E-state index in [1.807, 2.05) is 13.8 Å². The molecule has 0 aromatic carbocycles. The Labute approximate surface area is 76.5 Å². The van der Waals surface area contributed by atoms with Gasteiger partial charge in [0.25, 0.3) is 0 Å². The van der Waals surface area contributed by atoms with Gasteiger partial charge in [-0.1, -0.05) is 6.92 Å². The number of rotatable bonds is 3. The van der Waals surface area contributed by atoms with E-state index in [0.717, 1.165) is 12.1 Å². The molecule has 0 fully saturated rings. The van der Waals surface area contributed by atoms with E-state index < -0.39 is 0 Å². The summed E-state index contributed by atoms with van der Waals surface area (Å²) in [6.07, 6.45) is 2.32. The van der Waals surface area contributed by atoms with Gasteiger partial charge in [0, 0.05) is 6.54 Å². The van der Waals surface area contributed by atoms with E-state index in [0.29, 0.717) is 6.54 Å². The van der Waals surface area contributed by atoms with E-state index in [-0.39, 0.29) is 12.0 Å². The molecule has 1 heterocycles. The zero-order valence-electron chi connectivity index (χ0n) is 7.76. The topological polar surface area (TPSA) is 67.2 Å². The summed E-state index contributed by atoms with van der Waals surface area (Å²) >= 11 is 0. The minimum absolute atomic E-state index is 0.239. The number of aromatic nitrogens is 1. The maximum atomic E-state index is 11.0. The van der Waals surface area contributed by atoms with Gasteiger partial charge < -0.3 is 9.73 Å². The van der Waals surface area contributed by atoms with E-state index in [2.05, 4.69) is 15.6 Å². The lowest BCUT2D eigenvalue weighted by Gasteiger charge is -1.99. The van der Waals surface area contributed by atoms with E-state index in [9.17, 15) is 4.79 Å². The Kier molecular flexibility index (Phi) is 3.31. The van der Waals surface area contributed by atoms with Crippen LogP contribution in [0.25, 0.3) is 0 Å². The quantitative estimate of drug-likeness (QED) is 0.743. The van der Waals surface area contributed by atoms with Gasteiger partial charge in [-0.05, 0) is 13.3 Å². The minimum atomic E-state index is -0.299. The number of anilines is 1. The Bertz CT molecular complexity index is 283. The van der Waals surface area contributed by atoms with E-state index in [4.69, 9.17) is 4.42 Å². The molecule has 5 nitrogen and oxygen atoms in total. The number of nitrogens with one attached hydrogen (secondary N) is 2. The SMILES string of the molecule is CCNC(=O)Nc1nc(CC)co1. The molecular weight excluding hydrogens is 170 g/mol. The summed E-state index contributed by atoms with van der Waals surface area (Å²) in [6, 6.07) is -0.0604. The van der Waals surface area contributed by atoms with Crippen LogP contribution >= 0.6 is 0 Å². The third kappa shape index (κ3) is 2.77. The van der Waals surface area contributed by atoms with Gasteiger partial charge in [0.15, 0.2) is 0 Å². The molecule has 13 heavy (non-hydrogen) atoms. The average molecular weight is 183 g/mol. The average Bonchev–Trinajstić information content (AvgIpc) is 2.52. The van der Waals surface area contributed by atoms with Crippen LogP contribution in [0.3, 0.4) is 0 Å².